The van der Waals surface area contributed by atoms with Crippen LogP contribution in [0.4, 0.5) is 5.69 Å². The van der Waals surface area contributed by atoms with Crippen molar-refractivity contribution in [3.63, 3.8) is 0 Å². The molecule has 1 aromatic carbocycles. The van der Waals surface area contributed by atoms with Crippen molar-refractivity contribution < 1.29 is 9.90 Å². The summed E-state index contributed by atoms with van der Waals surface area (Å²) in [5.41, 5.74) is 1.84. The van der Waals surface area contributed by atoms with Gasteiger partial charge in [0.2, 0.25) is 5.91 Å². The predicted molar refractivity (Wildman–Crippen MR) is 84.1 cm³/mol. The molecular weight excluding hydrogens is 262 g/mol. The summed E-state index contributed by atoms with van der Waals surface area (Å²) in [6, 6.07) is 8.11. The highest BCUT2D eigenvalue weighted by atomic mass is 16.3. The minimum Gasteiger partial charge on any atom is -0.373 e. The van der Waals surface area contributed by atoms with Crippen LogP contribution in [-0.2, 0) is 11.2 Å². The fraction of sp³-hybridized carbons (Fsp3) is 0.611. The first-order chi connectivity index (χ1) is 10.2. The van der Waals surface area contributed by atoms with E-state index in [0.717, 1.165) is 44.2 Å². The molecule has 1 heterocycles. The number of rotatable bonds is 3. The van der Waals surface area contributed by atoms with Crippen molar-refractivity contribution in [1.82, 2.24) is 0 Å². The summed E-state index contributed by atoms with van der Waals surface area (Å²) in [6.07, 6.45) is 7.44. The lowest BCUT2D eigenvalue weighted by Crippen LogP contribution is -2.38. The van der Waals surface area contributed by atoms with E-state index in [2.05, 4.69) is 19.1 Å². The molecule has 0 radical (unpaired) electrons. The Labute approximate surface area is 127 Å². The second-order valence-corrected chi connectivity index (χ2v) is 6.62. The van der Waals surface area contributed by atoms with Crippen LogP contribution in [0.5, 0.6) is 0 Å². The zero-order valence-electron chi connectivity index (χ0n) is 12.8. The maximum atomic E-state index is 12.9. The number of aryl methyl sites for hydroxylation is 1. The lowest BCUT2D eigenvalue weighted by Gasteiger charge is -2.31. The van der Waals surface area contributed by atoms with Crippen LogP contribution >= 0.6 is 0 Å². The summed E-state index contributed by atoms with van der Waals surface area (Å²) in [5, 5.41) is 10.4. The Morgan fingerprint density at radius 2 is 1.86 bits per heavy atom. The summed E-state index contributed by atoms with van der Waals surface area (Å²) >= 11 is 0. The molecule has 1 aliphatic heterocycles. The summed E-state index contributed by atoms with van der Waals surface area (Å²) in [6.45, 7) is 2.16. The summed E-state index contributed by atoms with van der Waals surface area (Å²) in [7, 11) is 0. The smallest absolute Gasteiger partial charge is 0.235 e. The summed E-state index contributed by atoms with van der Waals surface area (Å²) in [4.78, 5) is 14.5. The highest BCUT2D eigenvalue weighted by molar-refractivity contribution is 6.00. The van der Waals surface area contributed by atoms with Gasteiger partial charge in [-0.2, -0.15) is 0 Å². The van der Waals surface area contributed by atoms with Gasteiger partial charge in [0.25, 0.3) is 0 Å². The lowest BCUT2D eigenvalue weighted by molar-refractivity contribution is -0.127. The second kappa shape index (κ2) is 5.80. The standard InChI is InChI=1S/C18H25NO2/c1-2-6-14-7-9-15(10-8-14)19-16(20)13-18(17(19)21)11-4-3-5-12-18/h7-10,16,20H,2-6,11-13H2,1H3. The molecule has 0 bridgehead atoms. The molecule has 1 aromatic rings. The number of hydrogen-bond acceptors (Lipinski definition) is 2. The van der Waals surface area contributed by atoms with E-state index in [0.29, 0.717) is 6.42 Å². The number of carbonyl (C=O) groups excluding carboxylic acids is 1. The van der Waals surface area contributed by atoms with Crippen LogP contribution in [0.1, 0.15) is 57.4 Å². The molecule has 3 heteroatoms. The van der Waals surface area contributed by atoms with Gasteiger partial charge >= 0.3 is 0 Å². The van der Waals surface area contributed by atoms with Gasteiger partial charge in [-0.1, -0.05) is 44.7 Å². The third kappa shape index (κ3) is 2.59. The minimum absolute atomic E-state index is 0.137. The minimum atomic E-state index is -0.660. The van der Waals surface area contributed by atoms with E-state index in [1.807, 2.05) is 12.1 Å². The molecule has 1 spiro atoms. The quantitative estimate of drug-likeness (QED) is 0.922. The molecule has 0 aromatic heterocycles. The molecule has 1 unspecified atom stereocenters. The molecule has 1 aliphatic carbocycles. The summed E-state index contributed by atoms with van der Waals surface area (Å²) in [5.74, 6) is 0.137. The highest BCUT2D eigenvalue weighted by Crippen LogP contribution is 2.47. The maximum Gasteiger partial charge on any atom is 0.235 e. The van der Waals surface area contributed by atoms with Gasteiger partial charge in [0.05, 0.1) is 5.41 Å². The van der Waals surface area contributed by atoms with Crippen LogP contribution in [0.2, 0.25) is 0 Å². The fourth-order valence-electron chi connectivity index (χ4n) is 3.97. The van der Waals surface area contributed by atoms with Crippen molar-refractivity contribution in [2.24, 2.45) is 5.41 Å². The van der Waals surface area contributed by atoms with Crippen LogP contribution in [0, 0.1) is 5.41 Å². The number of anilines is 1. The number of benzene rings is 1. The van der Waals surface area contributed by atoms with E-state index in [9.17, 15) is 9.90 Å². The van der Waals surface area contributed by atoms with Gasteiger partial charge in [0.1, 0.15) is 6.23 Å². The Morgan fingerprint density at radius 3 is 2.48 bits per heavy atom. The molecule has 2 fully saturated rings. The van der Waals surface area contributed by atoms with Gasteiger partial charge in [-0.25, -0.2) is 0 Å². The first kappa shape index (κ1) is 14.6. The van der Waals surface area contributed by atoms with Crippen molar-refractivity contribution in [3.8, 4) is 0 Å². The molecule has 3 nitrogen and oxygen atoms in total. The van der Waals surface area contributed by atoms with Gasteiger partial charge < -0.3 is 5.11 Å². The van der Waals surface area contributed by atoms with E-state index in [1.54, 1.807) is 4.90 Å². The normalized spacial score (nSPS) is 24.8. The molecule has 2 aliphatic rings. The average Bonchev–Trinajstić information content (AvgIpc) is 2.72. The van der Waals surface area contributed by atoms with Crippen LogP contribution in [-0.4, -0.2) is 17.2 Å². The Kier molecular flexibility index (Phi) is 4.03. The lowest BCUT2D eigenvalue weighted by atomic mass is 9.73. The Hall–Kier alpha value is -1.35. The predicted octanol–water partition coefficient (Wildman–Crippen LogP) is 3.64. The van der Waals surface area contributed by atoms with E-state index in [1.165, 1.54) is 12.0 Å². The Morgan fingerprint density at radius 1 is 1.19 bits per heavy atom. The third-order valence-electron chi connectivity index (χ3n) is 5.11. The van der Waals surface area contributed by atoms with Crippen molar-refractivity contribution in [2.75, 3.05) is 4.90 Å². The molecule has 1 saturated carbocycles. The van der Waals surface area contributed by atoms with Gasteiger partial charge in [-0.05, 0) is 37.0 Å². The van der Waals surface area contributed by atoms with Gasteiger partial charge in [-0.15, -0.1) is 0 Å². The largest absolute Gasteiger partial charge is 0.373 e. The molecule has 21 heavy (non-hydrogen) atoms. The number of carbonyl (C=O) groups is 1. The molecule has 1 amide bonds. The maximum absolute atomic E-state index is 12.9. The summed E-state index contributed by atoms with van der Waals surface area (Å²) < 4.78 is 0. The highest BCUT2D eigenvalue weighted by Gasteiger charge is 2.51. The zero-order valence-corrected chi connectivity index (χ0v) is 12.8. The van der Waals surface area contributed by atoms with Crippen molar-refractivity contribution in [3.05, 3.63) is 29.8 Å². The molecule has 1 saturated heterocycles. The monoisotopic (exact) mass is 287 g/mol. The van der Waals surface area contributed by atoms with Crippen molar-refractivity contribution in [1.29, 1.82) is 0 Å². The zero-order chi connectivity index (χ0) is 14.9. The molecule has 1 atom stereocenters. The second-order valence-electron chi connectivity index (χ2n) is 6.62. The average molecular weight is 287 g/mol. The van der Waals surface area contributed by atoms with Crippen LogP contribution in [0.25, 0.3) is 0 Å². The van der Waals surface area contributed by atoms with Crippen LogP contribution < -0.4 is 4.90 Å². The SMILES string of the molecule is CCCc1ccc(N2C(=O)C3(CCCCC3)CC2O)cc1. The number of hydrogen-bond donors (Lipinski definition) is 1. The Bertz CT molecular complexity index is 502. The fourth-order valence-corrected chi connectivity index (χ4v) is 3.97. The Balaban J connectivity index is 1.83. The number of aliphatic hydroxyl groups excluding tert-OH is 1. The molecule has 1 N–H and O–H groups in total. The molecular formula is C18H25NO2. The van der Waals surface area contributed by atoms with E-state index in [-0.39, 0.29) is 11.3 Å². The van der Waals surface area contributed by atoms with Crippen molar-refractivity contribution in [2.45, 2.75) is 64.5 Å². The molecule has 114 valence electrons. The van der Waals surface area contributed by atoms with Gasteiger partial charge in [0.15, 0.2) is 0 Å². The third-order valence-corrected chi connectivity index (χ3v) is 5.11. The van der Waals surface area contributed by atoms with E-state index < -0.39 is 6.23 Å². The van der Waals surface area contributed by atoms with E-state index >= 15 is 0 Å². The van der Waals surface area contributed by atoms with Crippen LogP contribution in [0.3, 0.4) is 0 Å². The van der Waals surface area contributed by atoms with Crippen LogP contribution in [0.15, 0.2) is 24.3 Å². The number of aliphatic hydroxyl groups is 1. The first-order valence-electron chi connectivity index (χ1n) is 8.27. The number of amides is 1. The van der Waals surface area contributed by atoms with E-state index in [4.69, 9.17) is 0 Å². The number of nitrogens with zero attached hydrogens (tertiary/aromatic N) is 1. The van der Waals surface area contributed by atoms with Gasteiger partial charge in [-0.3, -0.25) is 9.69 Å². The topological polar surface area (TPSA) is 40.5 Å². The molecule has 3 rings (SSSR count). The first-order valence-corrected chi connectivity index (χ1v) is 8.27. The van der Waals surface area contributed by atoms with Gasteiger partial charge in [0, 0.05) is 12.1 Å². The van der Waals surface area contributed by atoms with Crippen molar-refractivity contribution >= 4 is 11.6 Å².